The van der Waals surface area contributed by atoms with Crippen LogP contribution < -0.4 is 14.8 Å². The number of ether oxygens (including phenoxy) is 2. The van der Waals surface area contributed by atoms with Gasteiger partial charge in [-0.1, -0.05) is 31.4 Å². The number of carbonyl (C=O) groups is 3. The lowest BCUT2D eigenvalue weighted by Crippen LogP contribution is -2.33. The van der Waals surface area contributed by atoms with Gasteiger partial charge in [0.2, 0.25) is 11.8 Å². The number of pyridine rings is 1. The molecule has 0 atom stereocenters. The van der Waals surface area contributed by atoms with E-state index in [1.54, 1.807) is 19.1 Å². The highest BCUT2D eigenvalue weighted by Crippen LogP contribution is 2.23. The third-order valence-electron chi connectivity index (χ3n) is 5.60. The van der Waals surface area contributed by atoms with Crippen molar-refractivity contribution < 1.29 is 32.3 Å². The number of hydrogen-bond acceptors (Lipinski definition) is 8. The smallest absolute Gasteiger partial charge is 0.434 e. The van der Waals surface area contributed by atoms with E-state index in [2.05, 4.69) is 15.0 Å². The number of aromatic nitrogens is 1. The second-order valence-corrected chi connectivity index (χ2v) is 9.81. The van der Waals surface area contributed by atoms with Gasteiger partial charge in [0.25, 0.3) is 15.9 Å². The summed E-state index contributed by atoms with van der Waals surface area (Å²) in [6, 6.07) is 8.63. The summed E-state index contributed by atoms with van der Waals surface area (Å²) in [4.78, 5) is 39.6. The summed E-state index contributed by atoms with van der Waals surface area (Å²) in [5.41, 5.74) is 0.829. The Balaban J connectivity index is 1.51. The van der Waals surface area contributed by atoms with Crippen molar-refractivity contribution in [3.05, 3.63) is 53.7 Å². The lowest BCUT2D eigenvalue weighted by Gasteiger charge is -2.20. The van der Waals surface area contributed by atoms with Crippen LogP contribution >= 0.6 is 0 Å². The average Bonchev–Trinajstić information content (AvgIpc) is 2.85. The van der Waals surface area contributed by atoms with Gasteiger partial charge in [-0.3, -0.25) is 9.59 Å². The monoisotopic (exact) mass is 503 g/mol. The Morgan fingerprint density at radius 3 is 2.37 bits per heavy atom. The zero-order valence-electron chi connectivity index (χ0n) is 19.5. The molecule has 0 aliphatic heterocycles. The molecule has 1 fully saturated rings. The Hall–Kier alpha value is -3.47. The van der Waals surface area contributed by atoms with E-state index in [0.717, 1.165) is 37.4 Å². The molecule has 0 bridgehead atoms. The van der Waals surface area contributed by atoms with Crippen molar-refractivity contribution in [2.24, 2.45) is 5.92 Å². The van der Waals surface area contributed by atoms with Crippen LogP contribution in [0.5, 0.6) is 5.88 Å². The molecular weight excluding hydrogens is 474 g/mol. The summed E-state index contributed by atoms with van der Waals surface area (Å²) in [5, 5.41) is 2.96. The second-order valence-electron chi connectivity index (χ2n) is 8.12. The average molecular weight is 504 g/mol. The molecule has 0 unspecified atom stereocenters. The van der Waals surface area contributed by atoms with Crippen LogP contribution in [0.4, 0.5) is 4.79 Å². The van der Waals surface area contributed by atoms with E-state index in [1.807, 2.05) is 4.72 Å². The van der Waals surface area contributed by atoms with Gasteiger partial charge in [-0.05, 0) is 49.9 Å². The molecule has 1 heterocycles. The fraction of sp³-hybridized carbons (Fsp3) is 0.417. The van der Waals surface area contributed by atoms with E-state index in [1.165, 1.54) is 30.7 Å². The van der Waals surface area contributed by atoms with Gasteiger partial charge in [0.05, 0.1) is 17.1 Å². The van der Waals surface area contributed by atoms with Gasteiger partial charge in [0, 0.05) is 24.7 Å². The minimum absolute atomic E-state index is 0.0323. The molecule has 0 radical (unpaired) electrons. The normalized spacial score (nSPS) is 14.1. The van der Waals surface area contributed by atoms with Crippen LogP contribution in [0.1, 0.15) is 54.9 Å². The number of carbonyl (C=O) groups excluding carboxylic acids is 3. The first-order valence-corrected chi connectivity index (χ1v) is 13.0. The molecule has 3 rings (SSSR count). The number of amides is 2. The number of benzene rings is 1. The van der Waals surface area contributed by atoms with E-state index in [-0.39, 0.29) is 34.8 Å². The van der Waals surface area contributed by atoms with Crippen LogP contribution in [0.3, 0.4) is 0 Å². The van der Waals surface area contributed by atoms with Crippen LogP contribution in [-0.4, -0.2) is 44.5 Å². The lowest BCUT2D eigenvalue weighted by atomic mass is 9.88. The zero-order valence-corrected chi connectivity index (χ0v) is 20.3. The van der Waals surface area contributed by atoms with E-state index in [4.69, 9.17) is 4.74 Å². The van der Waals surface area contributed by atoms with Crippen LogP contribution in [0.2, 0.25) is 0 Å². The molecule has 188 valence electrons. The molecule has 1 saturated carbocycles. The van der Waals surface area contributed by atoms with Gasteiger partial charge >= 0.3 is 6.16 Å². The van der Waals surface area contributed by atoms with Crippen molar-refractivity contribution in [1.82, 2.24) is 15.0 Å². The van der Waals surface area contributed by atoms with E-state index in [0.29, 0.717) is 13.0 Å². The van der Waals surface area contributed by atoms with Crippen molar-refractivity contribution in [2.75, 3.05) is 13.2 Å². The standard InChI is InChI=1S/C24H29N3O7S/c1-2-33-24(30)34-21-13-10-19(16-26-21)23(29)27-35(31,32)20-11-8-17(9-12-20)14-15-25-22(28)18-6-4-3-5-7-18/h8-13,16,18H,2-7,14-15H2,1H3,(H,25,28)(H,27,29). The molecule has 2 amide bonds. The number of sulfonamides is 1. The molecule has 11 heteroatoms. The third kappa shape index (κ3) is 7.78. The van der Waals surface area contributed by atoms with Crippen LogP contribution in [0, 0.1) is 5.92 Å². The van der Waals surface area contributed by atoms with Gasteiger partial charge in [0.1, 0.15) is 0 Å². The van der Waals surface area contributed by atoms with Crippen LogP contribution in [0.25, 0.3) is 0 Å². The Kier molecular flexibility index (Phi) is 9.18. The minimum atomic E-state index is -4.11. The van der Waals surface area contributed by atoms with Gasteiger partial charge in [-0.2, -0.15) is 0 Å². The highest BCUT2D eigenvalue weighted by molar-refractivity contribution is 7.90. The Labute approximate surface area is 204 Å². The number of hydrogen-bond donors (Lipinski definition) is 2. The summed E-state index contributed by atoms with van der Waals surface area (Å²) in [5.74, 6) is -0.791. The fourth-order valence-electron chi connectivity index (χ4n) is 3.72. The molecule has 2 N–H and O–H groups in total. The van der Waals surface area contributed by atoms with Crippen molar-refractivity contribution in [2.45, 2.75) is 50.3 Å². The van der Waals surface area contributed by atoms with Crippen molar-refractivity contribution >= 4 is 28.0 Å². The quantitative estimate of drug-likeness (QED) is 0.498. The van der Waals surface area contributed by atoms with Gasteiger partial charge < -0.3 is 14.8 Å². The molecule has 1 aromatic carbocycles. The first-order valence-electron chi connectivity index (χ1n) is 11.5. The summed E-state index contributed by atoms with van der Waals surface area (Å²) >= 11 is 0. The maximum absolute atomic E-state index is 12.6. The molecule has 0 spiro atoms. The predicted molar refractivity (Wildman–Crippen MR) is 126 cm³/mol. The molecule has 35 heavy (non-hydrogen) atoms. The fourth-order valence-corrected chi connectivity index (χ4v) is 4.70. The Morgan fingerprint density at radius 1 is 1.03 bits per heavy atom. The number of nitrogens with one attached hydrogen (secondary N) is 2. The first-order chi connectivity index (χ1) is 16.8. The highest BCUT2D eigenvalue weighted by Gasteiger charge is 2.21. The highest BCUT2D eigenvalue weighted by atomic mass is 32.2. The summed E-state index contributed by atoms with van der Waals surface area (Å²) in [6.45, 7) is 2.23. The number of rotatable bonds is 9. The topological polar surface area (TPSA) is 141 Å². The maximum Gasteiger partial charge on any atom is 0.515 e. The zero-order chi connectivity index (χ0) is 25.3. The molecule has 1 aliphatic carbocycles. The summed E-state index contributed by atoms with van der Waals surface area (Å²) in [7, 11) is -4.11. The number of nitrogens with zero attached hydrogens (tertiary/aromatic N) is 1. The summed E-state index contributed by atoms with van der Waals surface area (Å²) < 4.78 is 36.6. The van der Waals surface area contributed by atoms with E-state index >= 15 is 0 Å². The first kappa shape index (κ1) is 26.1. The van der Waals surface area contributed by atoms with Crippen LogP contribution in [-0.2, 0) is 26.0 Å². The van der Waals surface area contributed by atoms with Gasteiger partial charge in [-0.25, -0.2) is 22.9 Å². The van der Waals surface area contributed by atoms with Crippen molar-refractivity contribution in [3.8, 4) is 5.88 Å². The Morgan fingerprint density at radius 2 is 1.74 bits per heavy atom. The lowest BCUT2D eigenvalue weighted by molar-refractivity contribution is -0.125. The third-order valence-corrected chi connectivity index (χ3v) is 6.95. The van der Waals surface area contributed by atoms with Crippen LogP contribution in [0.15, 0.2) is 47.5 Å². The van der Waals surface area contributed by atoms with E-state index < -0.39 is 22.1 Å². The van der Waals surface area contributed by atoms with Crippen molar-refractivity contribution in [1.29, 1.82) is 0 Å². The molecule has 1 aliphatic rings. The molecule has 10 nitrogen and oxygen atoms in total. The molecule has 2 aromatic rings. The second kappa shape index (κ2) is 12.3. The molecular formula is C24H29N3O7S. The Bertz CT molecular complexity index is 1130. The van der Waals surface area contributed by atoms with Crippen molar-refractivity contribution in [3.63, 3.8) is 0 Å². The largest absolute Gasteiger partial charge is 0.515 e. The van der Waals surface area contributed by atoms with E-state index in [9.17, 15) is 22.8 Å². The SMILES string of the molecule is CCOC(=O)Oc1ccc(C(=O)NS(=O)(=O)c2ccc(CCNC(=O)C3CCCCC3)cc2)cn1. The minimum Gasteiger partial charge on any atom is -0.434 e. The molecule has 1 aromatic heterocycles. The summed E-state index contributed by atoms with van der Waals surface area (Å²) in [6.07, 6.45) is 5.97. The van der Waals surface area contributed by atoms with Gasteiger partial charge in [-0.15, -0.1) is 0 Å². The molecule has 0 saturated heterocycles. The van der Waals surface area contributed by atoms with Gasteiger partial charge in [0.15, 0.2) is 0 Å². The predicted octanol–water partition coefficient (Wildman–Crippen LogP) is 2.97. The maximum atomic E-state index is 12.6.